The van der Waals surface area contributed by atoms with E-state index in [0.29, 0.717) is 13.1 Å². The van der Waals surface area contributed by atoms with Crippen LogP contribution in [-0.4, -0.2) is 34.6 Å². The first-order valence-corrected chi connectivity index (χ1v) is 7.26. The SMILES string of the molecule is CNS(=O)(=O)CCNCc1ccc2c(c1)OCO2. The van der Waals surface area contributed by atoms with Crippen LogP contribution < -0.4 is 19.5 Å². The molecular weight excluding hydrogens is 256 g/mol. The summed E-state index contributed by atoms with van der Waals surface area (Å²) in [5, 5.41) is 3.07. The predicted octanol–water partition coefficient (Wildman–Crippen LogP) is 0.0541. The van der Waals surface area contributed by atoms with Crippen molar-refractivity contribution in [2.75, 3.05) is 26.1 Å². The van der Waals surface area contributed by atoms with Crippen molar-refractivity contribution < 1.29 is 17.9 Å². The van der Waals surface area contributed by atoms with Crippen LogP contribution in [0.2, 0.25) is 0 Å². The van der Waals surface area contributed by atoms with Crippen molar-refractivity contribution in [1.29, 1.82) is 0 Å². The first-order valence-electron chi connectivity index (χ1n) is 5.61. The number of fused-ring (bicyclic) bond motifs is 1. The van der Waals surface area contributed by atoms with Gasteiger partial charge in [-0.25, -0.2) is 13.1 Å². The van der Waals surface area contributed by atoms with Gasteiger partial charge in [-0.15, -0.1) is 0 Å². The van der Waals surface area contributed by atoms with Gasteiger partial charge in [0.25, 0.3) is 0 Å². The first kappa shape index (κ1) is 13.1. The minimum atomic E-state index is -3.14. The summed E-state index contributed by atoms with van der Waals surface area (Å²) in [4.78, 5) is 0. The molecular formula is C11H16N2O4S. The highest BCUT2D eigenvalue weighted by atomic mass is 32.2. The summed E-state index contributed by atoms with van der Waals surface area (Å²) in [5.74, 6) is 1.54. The van der Waals surface area contributed by atoms with Crippen LogP contribution >= 0.6 is 0 Å². The zero-order valence-corrected chi connectivity index (χ0v) is 10.9. The molecule has 0 spiro atoms. The van der Waals surface area contributed by atoms with Crippen LogP contribution in [0.25, 0.3) is 0 Å². The van der Waals surface area contributed by atoms with E-state index in [0.717, 1.165) is 17.1 Å². The van der Waals surface area contributed by atoms with Crippen molar-refractivity contribution in [3.05, 3.63) is 23.8 Å². The zero-order chi connectivity index (χ0) is 13.0. The fourth-order valence-electron chi connectivity index (χ4n) is 1.59. The van der Waals surface area contributed by atoms with Crippen LogP contribution in [0, 0.1) is 0 Å². The largest absolute Gasteiger partial charge is 0.454 e. The van der Waals surface area contributed by atoms with E-state index in [2.05, 4.69) is 10.0 Å². The van der Waals surface area contributed by atoms with E-state index >= 15 is 0 Å². The van der Waals surface area contributed by atoms with E-state index in [-0.39, 0.29) is 12.5 Å². The van der Waals surface area contributed by atoms with Gasteiger partial charge >= 0.3 is 0 Å². The minimum absolute atomic E-state index is 0.0635. The summed E-state index contributed by atoms with van der Waals surface area (Å²) in [6.07, 6.45) is 0. The Morgan fingerprint density at radius 3 is 2.83 bits per heavy atom. The minimum Gasteiger partial charge on any atom is -0.454 e. The molecule has 1 aliphatic heterocycles. The number of benzene rings is 1. The molecule has 100 valence electrons. The highest BCUT2D eigenvalue weighted by Crippen LogP contribution is 2.32. The van der Waals surface area contributed by atoms with Gasteiger partial charge in [-0.1, -0.05) is 6.07 Å². The van der Waals surface area contributed by atoms with Gasteiger partial charge in [0.2, 0.25) is 16.8 Å². The number of sulfonamides is 1. The fraction of sp³-hybridized carbons (Fsp3) is 0.455. The topological polar surface area (TPSA) is 76.7 Å². The van der Waals surface area contributed by atoms with E-state index in [1.807, 2.05) is 18.2 Å². The van der Waals surface area contributed by atoms with Crippen molar-refractivity contribution in [3.63, 3.8) is 0 Å². The molecule has 18 heavy (non-hydrogen) atoms. The second kappa shape index (κ2) is 5.55. The second-order valence-corrected chi connectivity index (χ2v) is 5.93. The molecule has 7 heteroatoms. The molecule has 0 saturated heterocycles. The summed E-state index contributed by atoms with van der Waals surface area (Å²) in [6, 6.07) is 5.67. The Morgan fingerprint density at radius 1 is 1.28 bits per heavy atom. The first-order chi connectivity index (χ1) is 8.61. The van der Waals surface area contributed by atoms with Gasteiger partial charge in [-0.05, 0) is 24.7 Å². The van der Waals surface area contributed by atoms with E-state index in [4.69, 9.17) is 9.47 Å². The summed E-state index contributed by atoms with van der Waals surface area (Å²) in [7, 11) is -1.73. The predicted molar refractivity (Wildman–Crippen MR) is 67.1 cm³/mol. The van der Waals surface area contributed by atoms with Gasteiger partial charge < -0.3 is 14.8 Å². The van der Waals surface area contributed by atoms with Crippen LogP contribution in [0.1, 0.15) is 5.56 Å². The number of ether oxygens (including phenoxy) is 2. The number of rotatable bonds is 6. The van der Waals surface area contributed by atoms with Crippen LogP contribution in [-0.2, 0) is 16.6 Å². The van der Waals surface area contributed by atoms with Crippen molar-refractivity contribution in [2.24, 2.45) is 0 Å². The maximum atomic E-state index is 11.2. The molecule has 1 heterocycles. The molecule has 1 aromatic rings. The third-order valence-electron chi connectivity index (χ3n) is 2.62. The third-order valence-corrected chi connectivity index (χ3v) is 3.99. The molecule has 0 amide bonds. The van der Waals surface area contributed by atoms with Gasteiger partial charge in [-0.2, -0.15) is 0 Å². The van der Waals surface area contributed by atoms with E-state index in [1.165, 1.54) is 7.05 Å². The van der Waals surface area contributed by atoms with Crippen molar-refractivity contribution in [3.8, 4) is 11.5 Å². The lowest BCUT2D eigenvalue weighted by Gasteiger charge is -2.06. The third kappa shape index (κ3) is 3.34. The summed E-state index contributed by atoms with van der Waals surface area (Å²) < 4.78 is 35.1. The zero-order valence-electron chi connectivity index (χ0n) is 10.1. The molecule has 0 atom stereocenters. The van der Waals surface area contributed by atoms with Gasteiger partial charge in [-0.3, -0.25) is 0 Å². The van der Waals surface area contributed by atoms with Crippen LogP contribution in [0.4, 0.5) is 0 Å². The van der Waals surface area contributed by atoms with Gasteiger partial charge in [0.1, 0.15) is 0 Å². The second-order valence-electron chi connectivity index (χ2n) is 3.89. The molecule has 0 aliphatic carbocycles. The number of nitrogens with one attached hydrogen (secondary N) is 2. The summed E-state index contributed by atoms with van der Waals surface area (Å²) >= 11 is 0. The standard InChI is InChI=1S/C11H16N2O4S/c1-12-18(14,15)5-4-13-7-9-2-3-10-11(6-9)17-8-16-10/h2-3,6,12-13H,4-5,7-8H2,1H3. The fourth-order valence-corrected chi connectivity index (χ4v) is 2.21. The Bertz CT molecular complexity index is 516. The Morgan fingerprint density at radius 2 is 2.06 bits per heavy atom. The maximum Gasteiger partial charge on any atom is 0.231 e. The molecule has 1 aliphatic rings. The number of hydrogen-bond donors (Lipinski definition) is 2. The average molecular weight is 272 g/mol. The monoisotopic (exact) mass is 272 g/mol. The highest BCUT2D eigenvalue weighted by molar-refractivity contribution is 7.89. The highest BCUT2D eigenvalue weighted by Gasteiger charge is 2.13. The Kier molecular flexibility index (Phi) is 4.05. The lowest BCUT2D eigenvalue weighted by Crippen LogP contribution is -2.29. The Labute approximate surface area is 106 Å². The van der Waals surface area contributed by atoms with Crippen molar-refractivity contribution in [1.82, 2.24) is 10.0 Å². The number of hydrogen-bond acceptors (Lipinski definition) is 5. The van der Waals surface area contributed by atoms with Crippen molar-refractivity contribution >= 4 is 10.0 Å². The van der Waals surface area contributed by atoms with Crippen LogP contribution in [0.15, 0.2) is 18.2 Å². The van der Waals surface area contributed by atoms with E-state index in [1.54, 1.807) is 0 Å². The molecule has 0 radical (unpaired) electrons. The van der Waals surface area contributed by atoms with Crippen molar-refractivity contribution in [2.45, 2.75) is 6.54 Å². The summed E-state index contributed by atoms with van der Waals surface area (Å²) in [6.45, 7) is 1.25. The van der Waals surface area contributed by atoms with Gasteiger partial charge in [0.05, 0.1) is 5.75 Å². The normalized spacial score (nSPS) is 13.8. The van der Waals surface area contributed by atoms with Crippen LogP contribution in [0.5, 0.6) is 11.5 Å². The summed E-state index contributed by atoms with van der Waals surface area (Å²) in [5.41, 5.74) is 1.03. The van der Waals surface area contributed by atoms with Gasteiger partial charge in [0.15, 0.2) is 11.5 Å². The average Bonchev–Trinajstić information content (AvgIpc) is 2.82. The molecule has 2 rings (SSSR count). The Balaban J connectivity index is 1.81. The maximum absolute atomic E-state index is 11.2. The van der Waals surface area contributed by atoms with Crippen LogP contribution in [0.3, 0.4) is 0 Å². The van der Waals surface area contributed by atoms with Gasteiger partial charge in [0, 0.05) is 13.1 Å². The Hall–Kier alpha value is -1.31. The molecule has 0 bridgehead atoms. The molecule has 0 fully saturated rings. The molecule has 2 N–H and O–H groups in total. The van der Waals surface area contributed by atoms with E-state index < -0.39 is 10.0 Å². The van der Waals surface area contributed by atoms with E-state index in [9.17, 15) is 8.42 Å². The molecule has 6 nitrogen and oxygen atoms in total. The lowest BCUT2D eigenvalue weighted by molar-refractivity contribution is 0.174. The quantitative estimate of drug-likeness (QED) is 0.716. The molecule has 0 saturated carbocycles. The lowest BCUT2D eigenvalue weighted by atomic mass is 10.2. The molecule has 0 unspecified atom stereocenters. The molecule has 0 aromatic heterocycles. The smallest absolute Gasteiger partial charge is 0.231 e. The molecule has 1 aromatic carbocycles.